The second kappa shape index (κ2) is 6.27. The van der Waals surface area contributed by atoms with Gasteiger partial charge in [0.1, 0.15) is 5.82 Å². The highest BCUT2D eigenvalue weighted by Crippen LogP contribution is 2.21. The fraction of sp³-hybridized carbons (Fsp3) is 0.0625. The normalized spacial score (nSPS) is 10.8. The average molecular weight is 457 g/mol. The summed E-state index contributed by atoms with van der Waals surface area (Å²) < 4.78 is 17.1. The van der Waals surface area contributed by atoms with E-state index in [0.29, 0.717) is 6.54 Å². The molecule has 1 heterocycles. The monoisotopic (exact) mass is 456 g/mol. The second-order valence-electron chi connectivity index (χ2n) is 4.71. The number of aromatic nitrogens is 2. The van der Waals surface area contributed by atoms with Gasteiger partial charge in [-0.2, -0.15) is 5.10 Å². The number of halogens is 3. The third-order valence-electron chi connectivity index (χ3n) is 3.06. The Bertz CT molecular complexity index is 765. The molecule has 0 N–H and O–H groups in total. The number of rotatable bonds is 3. The smallest absolute Gasteiger partial charge is 0.124 e. The van der Waals surface area contributed by atoms with Gasteiger partial charge >= 0.3 is 0 Å². The summed E-state index contributed by atoms with van der Waals surface area (Å²) in [4.78, 5) is 0. The van der Waals surface area contributed by atoms with E-state index in [4.69, 9.17) is 0 Å². The highest BCUT2D eigenvalue weighted by Gasteiger charge is 2.04. The van der Waals surface area contributed by atoms with Crippen LogP contribution in [0.3, 0.4) is 0 Å². The maximum Gasteiger partial charge on any atom is 0.124 e. The molecule has 0 fully saturated rings. The Morgan fingerprint density at radius 1 is 1.14 bits per heavy atom. The Morgan fingerprint density at radius 2 is 2.00 bits per heavy atom. The topological polar surface area (TPSA) is 17.8 Å². The van der Waals surface area contributed by atoms with Crippen LogP contribution in [0.2, 0.25) is 0 Å². The van der Waals surface area contributed by atoms with Gasteiger partial charge < -0.3 is 0 Å². The van der Waals surface area contributed by atoms with Gasteiger partial charge in [-0.05, 0) is 64.0 Å². The maximum absolute atomic E-state index is 13.4. The Morgan fingerprint density at radius 3 is 2.76 bits per heavy atom. The predicted molar refractivity (Wildman–Crippen MR) is 93.6 cm³/mol. The van der Waals surface area contributed by atoms with Gasteiger partial charge in [-0.1, -0.05) is 28.1 Å². The van der Waals surface area contributed by atoms with Gasteiger partial charge in [0.25, 0.3) is 0 Å². The van der Waals surface area contributed by atoms with Gasteiger partial charge in [0.15, 0.2) is 0 Å². The second-order valence-corrected chi connectivity index (χ2v) is 6.88. The van der Waals surface area contributed by atoms with Gasteiger partial charge in [-0.25, -0.2) is 4.39 Å². The van der Waals surface area contributed by atoms with Crippen LogP contribution < -0.4 is 0 Å². The molecule has 0 radical (unpaired) electrons. The van der Waals surface area contributed by atoms with Crippen LogP contribution in [0.4, 0.5) is 4.39 Å². The first-order valence-corrected chi connectivity index (χ1v) is 8.21. The van der Waals surface area contributed by atoms with Crippen molar-refractivity contribution in [2.24, 2.45) is 0 Å². The number of hydrogen-bond donors (Lipinski definition) is 0. The molecule has 1 aromatic heterocycles. The van der Waals surface area contributed by atoms with Crippen molar-refractivity contribution in [1.82, 2.24) is 9.78 Å². The third kappa shape index (κ3) is 3.71. The minimum atomic E-state index is -0.246. The lowest BCUT2D eigenvalue weighted by Crippen LogP contribution is -2.00. The van der Waals surface area contributed by atoms with Crippen molar-refractivity contribution in [2.75, 3.05) is 0 Å². The first-order valence-electron chi connectivity index (χ1n) is 6.33. The third-order valence-corrected chi connectivity index (χ3v) is 4.19. The van der Waals surface area contributed by atoms with Gasteiger partial charge in [0.2, 0.25) is 0 Å². The molecule has 0 unspecified atom stereocenters. The summed E-state index contributed by atoms with van der Waals surface area (Å²) in [6, 6.07) is 13.1. The van der Waals surface area contributed by atoms with Crippen LogP contribution in [-0.2, 0) is 6.54 Å². The minimum Gasteiger partial charge on any atom is -0.268 e. The summed E-state index contributed by atoms with van der Waals surface area (Å²) in [6.45, 7) is 0.542. The average Bonchev–Trinajstić information content (AvgIpc) is 2.86. The SMILES string of the molecule is Fc1cc(Br)cc(Cn2cc(-c3cccc(I)c3)cn2)c1. The van der Waals surface area contributed by atoms with Crippen molar-refractivity contribution in [3.05, 3.63) is 74.3 Å². The van der Waals surface area contributed by atoms with Crippen molar-refractivity contribution in [3.63, 3.8) is 0 Å². The summed E-state index contributed by atoms with van der Waals surface area (Å²) in [5, 5.41) is 4.35. The summed E-state index contributed by atoms with van der Waals surface area (Å²) >= 11 is 5.60. The van der Waals surface area contributed by atoms with Gasteiger partial charge in [-0.15, -0.1) is 0 Å². The van der Waals surface area contributed by atoms with Crippen LogP contribution in [0.15, 0.2) is 59.3 Å². The molecule has 0 bridgehead atoms. The molecule has 0 aliphatic carbocycles. The first-order chi connectivity index (χ1) is 10.1. The van der Waals surface area contributed by atoms with E-state index in [2.05, 4.69) is 61.8 Å². The highest BCUT2D eigenvalue weighted by molar-refractivity contribution is 14.1. The Balaban J connectivity index is 1.85. The fourth-order valence-electron chi connectivity index (χ4n) is 2.16. The van der Waals surface area contributed by atoms with E-state index < -0.39 is 0 Å². The van der Waals surface area contributed by atoms with Crippen molar-refractivity contribution < 1.29 is 4.39 Å². The van der Waals surface area contributed by atoms with Crippen molar-refractivity contribution in [2.45, 2.75) is 6.54 Å². The van der Waals surface area contributed by atoms with Crippen LogP contribution in [0.25, 0.3) is 11.1 Å². The molecule has 0 saturated carbocycles. The van der Waals surface area contributed by atoms with Crippen LogP contribution in [-0.4, -0.2) is 9.78 Å². The summed E-state index contributed by atoms with van der Waals surface area (Å²) in [6.07, 6.45) is 3.81. The Labute approximate surface area is 144 Å². The molecule has 106 valence electrons. The summed E-state index contributed by atoms with van der Waals surface area (Å²) in [5.41, 5.74) is 3.07. The van der Waals surface area contributed by atoms with E-state index in [1.807, 2.05) is 29.2 Å². The first kappa shape index (κ1) is 14.7. The molecular weight excluding hydrogens is 446 g/mol. The quantitative estimate of drug-likeness (QED) is 0.501. The molecular formula is C16H11BrFIN2. The van der Waals surface area contributed by atoms with E-state index in [1.165, 1.54) is 15.7 Å². The molecule has 2 aromatic carbocycles. The van der Waals surface area contributed by atoms with E-state index >= 15 is 0 Å². The van der Waals surface area contributed by atoms with Crippen LogP contribution in [0, 0.1) is 9.39 Å². The molecule has 0 amide bonds. The maximum atomic E-state index is 13.4. The van der Waals surface area contributed by atoms with Gasteiger partial charge in [0.05, 0.1) is 12.7 Å². The van der Waals surface area contributed by atoms with Crippen molar-refractivity contribution >= 4 is 38.5 Å². The molecule has 5 heteroatoms. The minimum absolute atomic E-state index is 0.246. The zero-order chi connectivity index (χ0) is 14.8. The van der Waals surface area contributed by atoms with Gasteiger partial charge in [0, 0.05) is 19.8 Å². The van der Waals surface area contributed by atoms with Crippen LogP contribution in [0.5, 0.6) is 0 Å². The van der Waals surface area contributed by atoms with Crippen molar-refractivity contribution in [1.29, 1.82) is 0 Å². The van der Waals surface area contributed by atoms with Crippen LogP contribution in [0.1, 0.15) is 5.56 Å². The predicted octanol–water partition coefficient (Wildman–Crippen LogP) is 5.10. The molecule has 0 spiro atoms. The lowest BCUT2D eigenvalue weighted by atomic mass is 10.1. The van der Waals surface area contributed by atoms with Crippen molar-refractivity contribution in [3.8, 4) is 11.1 Å². The molecule has 0 aliphatic heterocycles. The van der Waals surface area contributed by atoms with Gasteiger partial charge in [-0.3, -0.25) is 4.68 Å². The molecule has 3 rings (SSSR count). The van der Waals surface area contributed by atoms with E-state index in [-0.39, 0.29) is 5.82 Å². The van der Waals surface area contributed by atoms with Crippen LogP contribution >= 0.6 is 38.5 Å². The lowest BCUT2D eigenvalue weighted by molar-refractivity contribution is 0.618. The van der Waals surface area contributed by atoms with E-state index in [0.717, 1.165) is 21.2 Å². The Hall–Kier alpha value is -1.21. The molecule has 3 aromatic rings. The molecule has 2 nitrogen and oxygen atoms in total. The largest absolute Gasteiger partial charge is 0.268 e. The standard InChI is InChI=1S/C16H11BrFIN2/c17-14-4-11(5-15(18)7-14)9-21-10-13(8-20-21)12-2-1-3-16(19)6-12/h1-8,10H,9H2. The fourth-order valence-corrected chi connectivity index (χ4v) is 3.21. The van der Waals surface area contributed by atoms with E-state index in [1.54, 1.807) is 0 Å². The molecule has 0 saturated heterocycles. The number of benzene rings is 2. The number of hydrogen-bond acceptors (Lipinski definition) is 1. The highest BCUT2D eigenvalue weighted by atomic mass is 127. The summed E-state index contributed by atoms with van der Waals surface area (Å²) in [5.74, 6) is -0.246. The molecule has 0 aliphatic rings. The Kier molecular flexibility index (Phi) is 4.40. The summed E-state index contributed by atoms with van der Waals surface area (Å²) in [7, 11) is 0. The molecule has 0 atom stereocenters. The zero-order valence-corrected chi connectivity index (χ0v) is 14.7. The zero-order valence-electron chi connectivity index (χ0n) is 10.9. The lowest BCUT2D eigenvalue weighted by Gasteiger charge is -2.03. The number of nitrogens with zero attached hydrogens (tertiary/aromatic N) is 2. The van der Waals surface area contributed by atoms with E-state index in [9.17, 15) is 4.39 Å². The molecule has 21 heavy (non-hydrogen) atoms.